The van der Waals surface area contributed by atoms with E-state index in [1.54, 1.807) is 12.1 Å². The number of hydrogen-bond acceptors (Lipinski definition) is 3. The molecule has 0 spiro atoms. The molecule has 2 aromatic rings. The average Bonchev–Trinajstić information content (AvgIpc) is 2.93. The molecule has 0 bridgehead atoms. The van der Waals surface area contributed by atoms with Crippen molar-refractivity contribution in [3.05, 3.63) is 63.6 Å². The molecular weight excluding hydrogens is 397 g/mol. The van der Waals surface area contributed by atoms with Gasteiger partial charge in [-0.1, -0.05) is 41.4 Å². The van der Waals surface area contributed by atoms with E-state index in [1.807, 2.05) is 37.3 Å². The van der Waals surface area contributed by atoms with E-state index >= 15 is 0 Å². The van der Waals surface area contributed by atoms with Gasteiger partial charge >= 0.3 is 0 Å². The van der Waals surface area contributed by atoms with Crippen molar-refractivity contribution in [3.63, 3.8) is 0 Å². The monoisotopic (exact) mass is 419 g/mol. The number of aromatic hydroxyl groups is 1. The van der Waals surface area contributed by atoms with Gasteiger partial charge in [0.05, 0.1) is 12.0 Å². The molecule has 0 aromatic heterocycles. The van der Waals surface area contributed by atoms with Crippen molar-refractivity contribution in [3.8, 4) is 5.75 Å². The molecule has 6 heteroatoms. The molecule has 4 nitrogen and oxygen atoms in total. The van der Waals surface area contributed by atoms with Crippen LogP contribution in [0.3, 0.4) is 0 Å². The van der Waals surface area contributed by atoms with Crippen LogP contribution >= 0.6 is 23.2 Å². The maximum Gasteiger partial charge on any atom is 0.229 e. The molecule has 1 saturated heterocycles. The van der Waals surface area contributed by atoms with Crippen LogP contribution in [0.1, 0.15) is 42.7 Å². The van der Waals surface area contributed by atoms with E-state index < -0.39 is 5.41 Å². The number of aliphatic hydroxyl groups excluding tert-OH is 1. The lowest BCUT2D eigenvalue weighted by molar-refractivity contribution is -0.134. The maximum absolute atomic E-state index is 12.8. The molecular formula is C22H23Cl2NO3. The highest BCUT2D eigenvalue weighted by atomic mass is 35.5. The fourth-order valence-corrected chi connectivity index (χ4v) is 5.84. The molecule has 2 fully saturated rings. The summed E-state index contributed by atoms with van der Waals surface area (Å²) >= 11 is 12.6. The minimum Gasteiger partial charge on any atom is -0.508 e. The third-order valence-electron chi connectivity index (χ3n) is 6.63. The fourth-order valence-electron chi connectivity index (χ4n) is 5.39. The summed E-state index contributed by atoms with van der Waals surface area (Å²) in [5.41, 5.74) is 1.24. The van der Waals surface area contributed by atoms with Crippen LogP contribution in [0.4, 0.5) is 0 Å². The standard InChI is InChI=1S/C22H23Cl2NO3/c1-12-20-19(13-2-4-14(23)5-3-13)17(16-7-6-15(27)10-18(16)24)8-9-22(20,11-26)21(28)25-12/h2-7,10,12,17,19-20,26-27H,8-9,11H2,1H3,(H,25,28)/t12-,17+,19+,20+,22+/m1/s1. The Balaban J connectivity index is 1.87. The second kappa shape index (κ2) is 7.25. The van der Waals surface area contributed by atoms with Gasteiger partial charge in [0.15, 0.2) is 0 Å². The smallest absolute Gasteiger partial charge is 0.229 e. The Morgan fingerprint density at radius 2 is 1.89 bits per heavy atom. The van der Waals surface area contributed by atoms with Crippen LogP contribution in [0, 0.1) is 11.3 Å². The van der Waals surface area contributed by atoms with Crippen molar-refractivity contribution in [2.24, 2.45) is 11.3 Å². The number of phenols is 1. The van der Waals surface area contributed by atoms with Crippen LogP contribution in [0.5, 0.6) is 5.75 Å². The largest absolute Gasteiger partial charge is 0.508 e. The molecule has 1 aliphatic carbocycles. The molecule has 4 rings (SSSR count). The number of rotatable bonds is 3. The number of phenolic OH excluding ortho intramolecular Hbond substituents is 1. The third kappa shape index (κ3) is 2.99. The summed E-state index contributed by atoms with van der Waals surface area (Å²) in [5.74, 6) is 0.0307. The topological polar surface area (TPSA) is 69.6 Å². The van der Waals surface area contributed by atoms with E-state index in [9.17, 15) is 15.0 Å². The summed E-state index contributed by atoms with van der Waals surface area (Å²) in [4.78, 5) is 12.8. The molecule has 5 atom stereocenters. The van der Waals surface area contributed by atoms with E-state index in [-0.39, 0.29) is 42.1 Å². The van der Waals surface area contributed by atoms with Gasteiger partial charge in [-0.25, -0.2) is 0 Å². The summed E-state index contributed by atoms with van der Waals surface area (Å²) in [6, 6.07) is 12.7. The van der Waals surface area contributed by atoms with E-state index in [0.29, 0.717) is 16.5 Å². The highest BCUT2D eigenvalue weighted by Crippen LogP contribution is 2.59. The number of nitrogens with one attached hydrogen (secondary N) is 1. The first-order chi connectivity index (χ1) is 13.4. The van der Waals surface area contributed by atoms with Gasteiger partial charge in [-0.05, 0) is 67.0 Å². The average molecular weight is 420 g/mol. The number of halogens is 2. The van der Waals surface area contributed by atoms with Crippen LogP contribution in [-0.4, -0.2) is 28.8 Å². The number of hydrogen-bond donors (Lipinski definition) is 3. The molecule has 148 valence electrons. The quantitative estimate of drug-likeness (QED) is 0.686. The zero-order valence-electron chi connectivity index (χ0n) is 15.5. The van der Waals surface area contributed by atoms with Crippen LogP contribution in [0.25, 0.3) is 0 Å². The lowest BCUT2D eigenvalue weighted by Gasteiger charge is -2.47. The number of carbonyl (C=O) groups is 1. The molecule has 2 aromatic carbocycles. The van der Waals surface area contributed by atoms with Crippen LogP contribution in [0.15, 0.2) is 42.5 Å². The van der Waals surface area contributed by atoms with Gasteiger partial charge in [0.25, 0.3) is 0 Å². The minimum absolute atomic E-state index is 0.0193. The minimum atomic E-state index is -0.788. The molecule has 1 amide bonds. The first kappa shape index (κ1) is 19.6. The van der Waals surface area contributed by atoms with Crippen LogP contribution in [0.2, 0.25) is 10.0 Å². The summed E-state index contributed by atoms with van der Waals surface area (Å²) in [7, 11) is 0. The highest BCUT2D eigenvalue weighted by Gasteiger charge is 2.60. The summed E-state index contributed by atoms with van der Waals surface area (Å²) < 4.78 is 0. The van der Waals surface area contributed by atoms with Gasteiger partial charge in [-0.2, -0.15) is 0 Å². The van der Waals surface area contributed by atoms with E-state index in [1.165, 1.54) is 0 Å². The van der Waals surface area contributed by atoms with Gasteiger partial charge in [0.1, 0.15) is 5.75 Å². The van der Waals surface area contributed by atoms with Gasteiger partial charge in [0.2, 0.25) is 5.91 Å². The van der Waals surface area contributed by atoms with Crippen molar-refractivity contribution in [1.29, 1.82) is 0 Å². The van der Waals surface area contributed by atoms with Crippen molar-refractivity contribution in [2.75, 3.05) is 6.61 Å². The Hall–Kier alpha value is -1.75. The SMILES string of the molecule is C[C@H]1NC(=O)[C@]2(CO)CC[C@@H](c3ccc(O)cc3Cl)[C@H](c3ccc(Cl)cc3)[C@H]12. The predicted molar refractivity (Wildman–Crippen MR) is 110 cm³/mol. The van der Waals surface area contributed by atoms with Crippen LogP contribution in [-0.2, 0) is 4.79 Å². The van der Waals surface area contributed by atoms with Crippen molar-refractivity contribution >= 4 is 29.1 Å². The Kier molecular flexibility index (Phi) is 5.07. The molecule has 1 heterocycles. The Bertz CT molecular complexity index is 901. The second-order valence-electron chi connectivity index (χ2n) is 8.03. The summed E-state index contributed by atoms with van der Waals surface area (Å²) in [6.45, 7) is 1.83. The zero-order valence-corrected chi connectivity index (χ0v) is 17.0. The predicted octanol–water partition coefficient (Wildman–Crippen LogP) is 4.47. The molecule has 2 aliphatic rings. The number of benzene rings is 2. The molecule has 0 unspecified atom stereocenters. The highest BCUT2D eigenvalue weighted by molar-refractivity contribution is 6.31. The van der Waals surface area contributed by atoms with Crippen molar-refractivity contribution in [1.82, 2.24) is 5.32 Å². The number of fused-ring (bicyclic) bond motifs is 1. The van der Waals surface area contributed by atoms with Crippen molar-refractivity contribution in [2.45, 2.75) is 37.6 Å². The van der Waals surface area contributed by atoms with E-state index in [2.05, 4.69) is 5.32 Å². The molecule has 0 radical (unpaired) electrons. The maximum atomic E-state index is 12.8. The lowest BCUT2D eigenvalue weighted by Crippen LogP contribution is -2.46. The number of carbonyl (C=O) groups excluding carboxylic acids is 1. The van der Waals surface area contributed by atoms with E-state index in [0.717, 1.165) is 17.5 Å². The lowest BCUT2D eigenvalue weighted by atomic mass is 9.55. The van der Waals surface area contributed by atoms with E-state index in [4.69, 9.17) is 23.2 Å². The number of aliphatic hydroxyl groups is 1. The Labute approximate surface area is 174 Å². The van der Waals surface area contributed by atoms with Gasteiger partial charge < -0.3 is 15.5 Å². The Morgan fingerprint density at radius 1 is 1.18 bits per heavy atom. The normalized spacial score (nSPS) is 32.1. The zero-order chi connectivity index (χ0) is 20.1. The van der Waals surface area contributed by atoms with Gasteiger partial charge in [-0.3, -0.25) is 4.79 Å². The second-order valence-corrected chi connectivity index (χ2v) is 8.87. The molecule has 3 N–H and O–H groups in total. The van der Waals surface area contributed by atoms with Gasteiger partial charge in [0, 0.05) is 22.0 Å². The van der Waals surface area contributed by atoms with Crippen molar-refractivity contribution < 1.29 is 15.0 Å². The first-order valence-electron chi connectivity index (χ1n) is 9.53. The Morgan fingerprint density at radius 3 is 2.54 bits per heavy atom. The fraction of sp³-hybridized carbons (Fsp3) is 0.409. The van der Waals surface area contributed by atoms with Crippen LogP contribution < -0.4 is 5.32 Å². The molecule has 1 aliphatic heterocycles. The number of amides is 1. The molecule has 1 saturated carbocycles. The van der Waals surface area contributed by atoms with Gasteiger partial charge in [-0.15, -0.1) is 0 Å². The summed E-state index contributed by atoms with van der Waals surface area (Å²) in [5, 5.41) is 24.3. The first-order valence-corrected chi connectivity index (χ1v) is 10.3. The summed E-state index contributed by atoms with van der Waals surface area (Å²) in [6.07, 6.45) is 1.31. The third-order valence-corrected chi connectivity index (χ3v) is 7.21. The molecule has 28 heavy (non-hydrogen) atoms.